The standard InChI is InChI=1S/C19H30O4/c1-18-6-5-11(20)7-10(18)3-4-12-13-8-14(21)17(23)19(13,2)9-15(22)16(12)18/h3,11-17,20-23H,4-9H2,1-2H3/t11-,12?,13?,14+,15?,16?,17-,18-,19-/m0/s1. The Hall–Kier alpha value is -0.420. The minimum absolute atomic E-state index is 0.0403. The highest BCUT2D eigenvalue weighted by Gasteiger charge is 2.63. The predicted molar refractivity (Wildman–Crippen MR) is 86.5 cm³/mol. The lowest BCUT2D eigenvalue weighted by Gasteiger charge is -2.59. The Morgan fingerprint density at radius 3 is 2.57 bits per heavy atom. The van der Waals surface area contributed by atoms with Crippen LogP contribution in [0.15, 0.2) is 11.6 Å². The van der Waals surface area contributed by atoms with Crippen molar-refractivity contribution in [1.82, 2.24) is 0 Å². The number of rotatable bonds is 0. The van der Waals surface area contributed by atoms with Crippen molar-refractivity contribution in [2.24, 2.45) is 28.6 Å². The number of allylic oxidation sites excluding steroid dienone is 1. The monoisotopic (exact) mass is 322 g/mol. The molecule has 0 saturated heterocycles. The molecule has 3 saturated carbocycles. The van der Waals surface area contributed by atoms with Gasteiger partial charge in [0.05, 0.1) is 24.4 Å². The second-order valence-electron chi connectivity index (χ2n) is 9.10. The molecule has 4 N–H and O–H groups in total. The van der Waals surface area contributed by atoms with E-state index in [1.165, 1.54) is 5.57 Å². The zero-order chi connectivity index (χ0) is 16.6. The van der Waals surface area contributed by atoms with Gasteiger partial charge in [0.15, 0.2) is 0 Å². The van der Waals surface area contributed by atoms with Gasteiger partial charge in [0.2, 0.25) is 0 Å². The molecule has 0 radical (unpaired) electrons. The average Bonchev–Trinajstić information content (AvgIpc) is 2.71. The van der Waals surface area contributed by atoms with Gasteiger partial charge in [0, 0.05) is 5.41 Å². The first-order valence-corrected chi connectivity index (χ1v) is 9.19. The maximum absolute atomic E-state index is 11.0. The fraction of sp³-hybridized carbons (Fsp3) is 0.895. The molecule has 0 aromatic carbocycles. The van der Waals surface area contributed by atoms with Crippen LogP contribution in [0.2, 0.25) is 0 Å². The van der Waals surface area contributed by atoms with Crippen molar-refractivity contribution in [2.75, 3.05) is 0 Å². The van der Waals surface area contributed by atoms with Crippen LogP contribution in [-0.4, -0.2) is 44.8 Å². The molecule has 3 fully saturated rings. The van der Waals surface area contributed by atoms with E-state index in [0.717, 1.165) is 25.7 Å². The van der Waals surface area contributed by atoms with Gasteiger partial charge in [-0.25, -0.2) is 0 Å². The highest BCUT2D eigenvalue weighted by molar-refractivity contribution is 5.27. The summed E-state index contributed by atoms with van der Waals surface area (Å²) < 4.78 is 0. The molecule has 4 rings (SSSR count). The van der Waals surface area contributed by atoms with Crippen LogP contribution in [0, 0.1) is 28.6 Å². The Morgan fingerprint density at radius 1 is 1.09 bits per heavy atom. The van der Waals surface area contributed by atoms with Gasteiger partial charge >= 0.3 is 0 Å². The summed E-state index contributed by atoms with van der Waals surface area (Å²) in [4.78, 5) is 0. The summed E-state index contributed by atoms with van der Waals surface area (Å²) in [6, 6.07) is 0. The molecule has 0 spiro atoms. The van der Waals surface area contributed by atoms with E-state index in [9.17, 15) is 20.4 Å². The van der Waals surface area contributed by atoms with E-state index in [1.54, 1.807) is 0 Å². The fourth-order valence-corrected chi connectivity index (χ4v) is 6.77. The highest BCUT2D eigenvalue weighted by Crippen LogP contribution is 2.64. The van der Waals surface area contributed by atoms with E-state index in [4.69, 9.17) is 0 Å². The molecule has 0 heterocycles. The Bertz CT molecular complexity index is 531. The number of hydrogen-bond donors (Lipinski definition) is 4. The van der Waals surface area contributed by atoms with Crippen LogP contribution in [-0.2, 0) is 0 Å². The fourth-order valence-electron chi connectivity index (χ4n) is 6.77. The minimum atomic E-state index is -0.727. The van der Waals surface area contributed by atoms with Crippen molar-refractivity contribution in [3.05, 3.63) is 11.6 Å². The molecule has 0 aromatic rings. The Balaban J connectivity index is 1.73. The summed E-state index contributed by atoms with van der Waals surface area (Å²) in [6.45, 7) is 4.30. The van der Waals surface area contributed by atoms with E-state index in [2.05, 4.69) is 13.0 Å². The first kappa shape index (κ1) is 16.1. The smallest absolute Gasteiger partial charge is 0.0856 e. The van der Waals surface area contributed by atoms with Gasteiger partial charge in [-0.05, 0) is 61.7 Å². The second-order valence-corrected chi connectivity index (χ2v) is 9.10. The van der Waals surface area contributed by atoms with E-state index in [0.29, 0.717) is 18.8 Å². The Kier molecular flexibility index (Phi) is 3.52. The van der Waals surface area contributed by atoms with Gasteiger partial charge in [-0.2, -0.15) is 0 Å². The summed E-state index contributed by atoms with van der Waals surface area (Å²) in [7, 11) is 0. The van der Waals surface area contributed by atoms with Crippen LogP contribution < -0.4 is 0 Å². The van der Waals surface area contributed by atoms with Gasteiger partial charge in [-0.1, -0.05) is 25.5 Å². The van der Waals surface area contributed by atoms with Crippen LogP contribution >= 0.6 is 0 Å². The lowest BCUT2D eigenvalue weighted by molar-refractivity contribution is -0.140. The minimum Gasteiger partial charge on any atom is -0.393 e. The summed E-state index contributed by atoms with van der Waals surface area (Å²) in [5.41, 5.74) is 0.899. The molecule has 23 heavy (non-hydrogen) atoms. The topological polar surface area (TPSA) is 80.9 Å². The predicted octanol–water partition coefficient (Wildman–Crippen LogP) is 1.61. The normalized spacial score (nSPS) is 58.9. The number of hydrogen-bond acceptors (Lipinski definition) is 4. The lowest BCUT2D eigenvalue weighted by Crippen LogP contribution is -2.57. The van der Waals surface area contributed by atoms with E-state index in [-0.39, 0.29) is 28.8 Å². The molecule has 0 bridgehead atoms. The van der Waals surface area contributed by atoms with Crippen molar-refractivity contribution in [3.8, 4) is 0 Å². The number of aliphatic hydroxyl groups is 4. The summed E-state index contributed by atoms with van der Waals surface area (Å²) in [6.07, 6.45) is 4.80. The zero-order valence-electron chi connectivity index (χ0n) is 14.2. The Labute approximate surface area is 138 Å². The van der Waals surface area contributed by atoms with Gasteiger partial charge in [0.1, 0.15) is 0 Å². The zero-order valence-corrected chi connectivity index (χ0v) is 14.2. The van der Waals surface area contributed by atoms with E-state index in [1.807, 2.05) is 6.92 Å². The van der Waals surface area contributed by atoms with Crippen LogP contribution in [0.3, 0.4) is 0 Å². The van der Waals surface area contributed by atoms with Crippen LogP contribution in [0.5, 0.6) is 0 Å². The van der Waals surface area contributed by atoms with Crippen LogP contribution in [0.1, 0.15) is 52.4 Å². The van der Waals surface area contributed by atoms with Crippen molar-refractivity contribution in [2.45, 2.75) is 76.8 Å². The largest absolute Gasteiger partial charge is 0.393 e. The third-order valence-corrected chi connectivity index (χ3v) is 7.98. The van der Waals surface area contributed by atoms with Crippen molar-refractivity contribution < 1.29 is 20.4 Å². The van der Waals surface area contributed by atoms with Gasteiger partial charge in [-0.15, -0.1) is 0 Å². The van der Waals surface area contributed by atoms with Crippen molar-refractivity contribution >= 4 is 0 Å². The molecule has 4 aliphatic carbocycles. The molecule has 4 heteroatoms. The molecule has 0 amide bonds. The highest BCUT2D eigenvalue weighted by atomic mass is 16.3. The third kappa shape index (κ3) is 2.05. The van der Waals surface area contributed by atoms with Crippen LogP contribution in [0.25, 0.3) is 0 Å². The third-order valence-electron chi connectivity index (χ3n) is 7.98. The molecule has 130 valence electrons. The van der Waals surface area contributed by atoms with Crippen molar-refractivity contribution in [3.63, 3.8) is 0 Å². The maximum atomic E-state index is 11.0. The summed E-state index contributed by atoms with van der Waals surface area (Å²) in [5.74, 6) is 0.771. The maximum Gasteiger partial charge on any atom is 0.0856 e. The van der Waals surface area contributed by atoms with Gasteiger partial charge in [-0.3, -0.25) is 0 Å². The molecule has 4 nitrogen and oxygen atoms in total. The summed E-state index contributed by atoms with van der Waals surface area (Å²) in [5, 5.41) is 41.7. The second kappa shape index (κ2) is 5.04. The molecular weight excluding hydrogens is 292 g/mol. The van der Waals surface area contributed by atoms with Gasteiger partial charge < -0.3 is 20.4 Å². The molecule has 0 aromatic heterocycles. The van der Waals surface area contributed by atoms with E-state index < -0.39 is 18.3 Å². The molecule has 4 unspecified atom stereocenters. The first-order valence-electron chi connectivity index (χ1n) is 9.19. The lowest BCUT2D eigenvalue weighted by atomic mass is 9.47. The first-order chi connectivity index (χ1) is 10.8. The molecular formula is C19H30O4. The van der Waals surface area contributed by atoms with Gasteiger partial charge in [0.25, 0.3) is 0 Å². The van der Waals surface area contributed by atoms with Crippen LogP contribution in [0.4, 0.5) is 0 Å². The number of aliphatic hydroxyl groups excluding tert-OH is 4. The quantitative estimate of drug-likeness (QED) is 0.511. The number of fused-ring (bicyclic) bond motifs is 5. The van der Waals surface area contributed by atoms with Crippen molar-refractivity contribution in [1.29, 1.82) is 0 Å². The molecule has 0 aliphatic heterocycles. The summed E-state index contributed by atoms with van der Waals surface area (Å²) >= 11 is 0. The van der Waals surface area contributed by atoms with E-state index >= 15 is 0 Å². The average molecular weight is 322 g/mol. The SMILES string of the molecule is C[C@]12CC[C@H](O)CC1=CCC1C2C(O)C[C@@]2(C)C1C[C@@H](O)[C@@H]2O. The molecule has 9 atom stereocenters. The molecule has 4 aliphatic rings. The Morgan fingerprint density at radius 2 is 1.83 bits per heavy atom.